The molecule has 0 bridgehead atoms. The van der Waals surface area contributed by atoms with E-state index in [0.29, 0.717) is 12.5 Å². The highest BCUT2D eigenvalue weighted by Crippen LogP contribution is 2.19. The molecule has 1 fully saturated rings. The average Bonchev–Trinajstić information content (AvgIpc) is 2.47. The number of aryl methyl sites for hydroxylation is 1. The minimum absolute atomic E-state index is 0.0278. The van der Waals surface area contributed by atoms with Gasteiger partial charge in [-0.25, -0.2) is 0 Å². The van der Waals surface area contributed by atoms with E-state index in [-0.39, 0.29) is 12.0 Å². The third kappa shape index (κ3) is 4.26. The Labute approximate surface area is 121 Å². The maximum atomic E-state index is 12.3. The van der Waals surface area contributed by atoms with E-state index in [1.807, 2.05) is 38.1 Å². The lowest BCUT2D eigenvalue weighted by Gasteiger charge is -2.25. The Kier molecular flexibility index (Phi) is 5.45. The van der Waals surface area contributed by atoms with Gasteiger partial charge in [0.25, 0.3) is 5.91 Å². The van der Waals surface area contributed by atoms with Crippen LogP contribution in [0.2, 0.25) is 0 Å². The summed E-state index contributed by atoms with van der Waals surface area (Å²) in [6.45, 7) is 4.02. The fourth-order valence-corrected chi connectivity index (χ4v) is 2.64. The van der Waals surface area contributed by atoms with Crippen LogP contribution < -0.4 is 10.1 Å². The van der Waals surface area contributed by atoms with Crippen molar-refractivity contribution in [2.45, 2.75) is 64.5 Å². The SMILES string of the molecule is CC[C@@H](Oc1ccc(C)cc1)C(=O)NC1CCCCC1. The van der Waals surface area contributed by atoms with Crippen LogP contribution in [0.15, 0.2) is 24.3 Å². The molecule has 1 aromatic carbocycles. The zero-order chi connectivity index (χ0) is 14.4. The number of carbonyl (C=O) groups excluding carboxylic acids is 1. The van der Waals surface area contributed by atoms with Crippen LogP contribution in [0.25, 0.3) is 0 Å². The Hall–Kier alpha value is -1.51. The molecule has 0 aromatic heterocycles. The van der Waals surface area contributed by atoms with E-state index in [2.05, 4.69) is 5.32 Å². The van der Waals surface area contributed by atoms with Crippen molar-refractivity contribution in [2.75, 3.05) is 0 Å². The summed E-state index contributed by atoms with van der Waals surface area (Å²) in [6.07, 6.45) is 6.25. The minimum atomic E-state index is -0.389. The largest absolute Gasteiger partial charge is 0.481 e. The molecule has 1 atom stereocenters. The van der Waals surface area contributed by atoms with Crippen molar-refractivity contribution in [3.63, 3.8) is 0 Å². The average molecular weight is 275 g/mol. The molecule has 0 unspecified atom stereocenters. The fraction of sp³-hybridized carbons (Fsp3) is 0.588. The second-order valence-electron chi connectivity index (χ2n) is 5.67. The number of benzene rings is 1. The molecule has 0 spiro atoms. The summed E-state index contributed by atoms with van der Waals surface area (Å²) in [6, 6.07) is 8.19. The predicted octanol–water partition coefficient (Wildman–Crippen LogP) is 3.60. The van der Waals surface area contributed by atoms with Crippen molar-refractivity contribution in [2.24, 2.45) is 0 Å². The van der Waals surface area contributed by atoms with Gasteiger partial charge in [-0.1, -0.05) is 43.9 Å². The molecule has 1 amide bonds. The highest BCUT2D eigenvalue weighted by molar-refractivity contribution is 5.81. The van der Waals surface area contributed by atoms with Gasteiger partial charge in [-0.05, 0) is 38.3 Å². The van der Waals surface area contributed by atoms with Crippen molar-refractivity contribution in [3.05, 3.63) is 29.8 Å². The van der Waals surface area contributed by atoms with E-state index < -0.39 is 0 Å². The van der Waals surface area contributed by atoms with E-state index in [0.717, 1.165) is 18.6 Å². The number of ether oxygens (including phenoxy) is 1. The topological polar surface area (TPSA) is 38.3 Å². The molecule has 110 valence electrons. The fourth-order valence-electron chi connectivity index (χ4n) is 2.64. The van der Waals surface area contributed by atoms with Crippen molar-refractivity contribution < 1.29 is 9.53 Å². The quantitative estimate of drug-likeness (QED) is 0.891. The van der Waals surface area contributed by atoms with Crippen LogP contribution in [-0.2, 0) is 4.79 Å². The van der Waals surface area contributed by atoms with Crippen molar-refractivity contribution in [1.82, 2.24) is 5.32 Å². The Morgan fingerprint density at radius 1 is 1.25 bits per heavy atom. The smallest absolute Gasteiger partial charge is 0.261 e. The first-order chi connectivity index (χ1) is 9.69. The zero-order valence-corrected chi connectivity index (χ0v) is 12.5. The molecule has 1 aliphatic rings. The lowest BCUT2D eigenvalue weighted by atomic mass is 9.95. The summed E-state index contributed by atoms with van der Waals surface area (Å²) < 4.78 is 5.81. The van der Waals surface area contributed by atoms with Crippen LogP contribution in [0.1, 0.15) is 51.0 Å². The third-order valence-corrected chi connectivity index (χ3v) is 3.91. The van der Waals surface area contributed by atoms with Crippen molar-refractivity contribution in [3.8, 4) is 5.75 Å². The standard InChI is InChI=1S/C17H25NO2/c1-3-16(20-15-11-9-13(2)10-12-15)17(19)18-14-7-5-4-6-8-14/h9-12,14,16H,3-8H2,1-2H3,(H,18,19)/t16-/m1/s1. The van der Waals surface area contributed by atoms with Crippen LogP contribution >= 0.6 is 0 Å². The van der Waals surface area contributed by atoms with Crippen LogP contribution in [0.5, 0.6) is 5.75 Å². The third-order valence-electron chi connectivity index (χ3n) is 3.91. The first kappa shape index (κ1) is 14.9. The molecule has 20 heavy (non-hydrogen) atoms. The molecule has 3 heteroatoms. The van der Waals surface area contributed by atoms with Gasteiger partial charge >= 0.3 is 0 Å². The number of hydrogen-bond donors (Lipinski definition) is 1. The number of carbonyl (C=O) groups is 1. The van der Waals surface area contributed by atoms with E-state index in [1.165, 1.54) is 24.8 Å². The Balaban J connectivity index is 1.89. The molecular formula is C17H25NO2. The number of nitrogens with one attached hydrogen (secondary N) is 1. The van der Waals surface area contributed by atoms with E-state index >= 15 is 0 Å². The molecule has 1 saturated carbocycles. The second-order valence-corrected chi connectivity index (χ2v) is 5.67. The van der Waals surface area contributed by atoms with Crippen LogP contribution in [0, 0.1) is 6.92 Å². The predicted molar refractivity (Wildman–Crippen MR) is 80.9 cm³/mol. The Morgan fingerprint density at radius 2 is 1.90 bits per heavy atom. The van der Waals surface area contributed by atoms with Crippen LogP contribution in [0.4, 0.5) is 0 Å². The van der Waals surface area contributed by atoms with Crippen molar-refractivity contribution in [1.29, 1.82) is 0 Å². The molecular weight excluding hydrogens is 250 g/mol. The van der Waals surface area contributed by atoms with Gasteiger partial charge < -0.3 is 10.1 Å². The van der Waals surface area contributed by atoms with Gasteiger partial charge in [-0.3, -0.25) is 4.79 Å². The first-order valence-corrected chi connectivity index (χ1v) is 7.72. The maximum Gasteiger partial charge on any atom is 0.261 e. The maximum absolute atomic E-state index is 12.3. The molecule has 1 aliphatic carbocycles. The molecule has 1 N–H and O–H groups in total. The lowest BCUT2D eigenvalue weighted by molar-refractivity contribution is -0.129. The summed E-state index contributed by atoms with van der Waals surface area (Å²) in [5, 5.41) is 3.14. The lowest BCUT2D eigenvalue weighted by Crippen LogP contribution is -2.44. The van der Waals surface area contributed by atoms with Crippen LogP contribution in [-0.4, -0.2) is 18.1 Å². The van der Waals surface area contributed by atoms with E-state index in [9.17, 15) is 4.79 Å². The number of amides is 1. The highest BCUT2D eigenvalue weighted by atomic mass is 16.5. The summed E-state index contributed by atoms with van der Waals surface area (Å²) in [7, 11) is 0. The second kappa shape index (κ2) is 7.32. The van der Waals surface area contributed by atoms with Gasteiger partial charge in [-0.2, -0.15) is 0 Å². The summed E-state index contributed by atoms with van der Waals surface area (Å²) >= 11 is 0. The molecule has 0 radical (unpaired) electrons. The first-order valence-electron chi connectivity index (χ1n) is 7.72. The van der Waals surface area contributed by atoms with Gasteiger partial charge in [0.1, 0.15) is 5.75 Å². The highest BCUT2D eigenvalue weighted by Gasteiger charge is 2.22. The molecule has 1 aromatic rings. The van der Waals surface area contributed by atoms with Gasteiger partial charge in [0.05, 0.1) is 0 Å². The molecule has 0 heterocycles. The van der Waals surface area contributed by atoms with Crippen molar-refractivity contribution >= 4 is 5.91 Å². The van der Waals surface area contributed by atoms with Gasteiger partial charge in [0, 0.05) is 6.04 Å². The van der Waals surface area contributed by atoms with Crippen LogP contribution in [0.3, 0.4) is 0 Å². The van der Waals surface area contributed by atoms with Gasteiger partial charge in [0.2, 0.25) is 0 Å². The summed E-state index contributed by atoms with van der Waals surface area (Å²) in [5.74, 6) is 0.793. The molecule has 3 nitrogen and oxygen atoms in total. The monoisotopic (exact) mass is 275 g/mol. The van der Waals surface area contributed by atoms with Gasteiger partial charge in [0.15, 0.2) is 6.10 Å². The Bertz CT molecular complexity index is 421. The number of rotatable bonds is 5. The van der Waals surface area contributed by atoms with Gasteiger partial charge in [-0.15, -0.1) is 0 Å². The molecule has 0 saturated heterocycles. The van der Waals surface area contributed by atoms with E-state index in [4.69, 9.17) is 4.74 Å². The normalized spacial score (nSPS) is 17.5. The molecule has 0 aliphatic heterocycles. The number of hydrogen-bond acceptors (Lipinski definition) is 2. The van der Waals surface area contributed by atoms with E-state index in [1.54, 1.807) is 0 Å². The Morgan fingerprint density at radius 3 is 2.50 bits per heavy atom. The minimum Gasteiger partial charge on any atom is -0.481 e. The summed E-state index contributed by atoms with van der Waals surface area (Å²) in [4.78, 5) is 12.3. The molecule has 2 rings (SSSR count). The zero-order valence-electron chi connectivity index (χ0n) is 12.5. The summed E-state index contributed by atoms with van der Waals surface area (Å²) in [5.41, 5.74) is 1.19.